The summed E-state index contributed by atoms with van der Waals surface area (Å²) < 4.78 is 0. The lowest BCUT2D eigenvalue weighted by Gasteiger charge is -2.38. The molecule has 0 aliphatic heterocycles. The Hall–Kier alpha value is -1.13. The van der Waals surface area contributed by atoms with Gasteiger partial charge in [-0.25, -0.2) is 10.0 Å². The van der Waals surface area contributed by atoms with Crippen LogP contribution in [0.15, 0.2) is 18.3 Å². The highest BCUT2D eigenvalue weighted by Gasteiger charge is 2.31. The first kappa shape index (κ1) is 16.9. The Kier molecular flexibility index (Phi) is 5.16. The van der Waals surface area contributed by atoms with E-state index in [-0.39, 0.29) is 12.3 Å². The Labute approximate surface area is 126 Å². The summed E-state index contributed by atoms with van der Waals surface area (Å²) in [7, 11) is 0. The first-order chi connectivity index (χ1) is 9.00. The molecule has 0 bridgehead atoms. The fourth-order valence-electron chi connectivity index (χ4n) is 1.62. The van der Waals surface area contributed by atoms with Crippen LogP contribution >= 0.6 is 11.6 Å². The van der Waals surface area contributed by atoms with Crippen molar-refractivity contribution >= 4 is 17.5 Å². The van der Waals surface area contributed by atoms with Crippen LogP contribution in [0.4, 0.5) is 0 Å². The summed E-state index contributed by atoms with van der Waals surface area (Å²) in [6.07, 6.45) is 1.77. The molecule has 1 aromatic heterocycles. The van der Waals surface area contributed by atoms with E-state index in [9.17, 15) is 4.79 Å². The van der Waals surface area contributed by atoms with Gasteiger partial charge in [0.15, 0.2) is 0 Å². The smallest absolute Gasteiger partial charge is 0.251 e. The quantitative estimate of drug-likeness (QED) is 0.632. The molecular formula is C15H23ClN2O2. The van der Waals surface area contributed by atoms with E-state index in [1.54, 1.807) is 18.3 Å². The Morgan fingerprint density at radius 1 is 1.30 bits per heavy atom. The van der Waals surface area contributed by atoms with E-state index >= 15 is 0 Å². The molecule has 5 heteroatoms. The Balaban J connectivity index is 2.93. The minimum absolute atomic E-state index is 0.137. The summed E-state index contributed by atoms with van der Waals surface area (Å²) >= 11 is 6.00. The first-order valence-electron chi connectivity index (χ1n) is 6.62. The lowest BCUT2D eigenvalue weighted by molar-refractivity contribution is -0.256. The number of aromatic nitrogens is 1. The van der Waals surface area contributed by atoms with E-state index in [0.29, 0.717) is 10.7 Å². The van der Waals surface area contributed by atoms with Crippen molar-refractivity contribution in [3.05, 3.63) is 29.0 Å². The number of pyridine rings is 1. The van der Waals surface area contributed by atoms with E-state index in [4.69, 9.17) is 16.4 Å². The second-order valence-corrected chi connectivity index (χ2v) is 7.05. The average Bonchev–Trinajstić information content (AvgIpc) is 2.26. The molecule has 4 nitrogen and oxygen atoms in total. The highest BCUT2D eigenvalue weighted by Crippen LogP contribution is 2.22. The van der Waals surface area contributed by atoms with Gasteiger partial charge in [0.1, 0.15) is 5.15 Å². The number of halogens is 1. The number of nitrogens with zero attached hydrogens (tertiary/aromatic N) is 2. The van der Waals surface area contributed by atoms with Crippen LogP contribution in [-0.2, 0) is 16.1 Å². The molecule has 0 atom stereocenters. The predicted molar refractivity (Wildman–Crippen MR) is 80.4 cm³/mol. The van der Waals surface area contributed by atoms with Crippen molar-refractivity contribution in [3.8, 4) is 0 Å². The summed E-state index contributed by atoms with van der Waals surface area (Å²) in [4.78, 5) is 22.3. The van der Waals surface area contributed by atoms with Crippen LogP contribution in [0.3, 0.4) is 0 Å². The number of carbonyl (C=O) groups excluding carboxylic acids is 1. The molecule has 20 heavy (non-hydrogen) atoms. The van der Waals surface area contributed by atoms with Gasteiger partial charge in [0, 0.05) is 6.20 Å². The maximum absolute atomic E-state index is 12.5. The van der Waals surface area contributed by atoms with Crippen LogP contribution in [0.1, 0.15) is 47.1 Å². The number of hydrogen-bond acceptors (Lipinski definition) is 3. The number of rotatable bonds is 3. The Morgan fingerprint density at radius 2 is 1.90 bits per heavy atom. The van der Waals surface area contributed by atoms with E-state index in [2.05, 4.69) is 4.98 Å². The summed E-state index contributed by atoms with van der Waals surface area (Å²) in [6.45, 7) is 11.5. The predicted octanol–water partition coefficient (Wildman–Crippen LogP) is 3.63. The SMILES string of the molecule is CC(C)(C)ON(C(=O)Cc1cccnc1Cl)C(C)(C)C. The molecule has 0 fully saturated rings. The maximum Gasteiger partial charge on any atom is 0.251 e. The number of carbonyl (C=O) groups is 1. The van der Waals surface area contributed by atoms with Crippen LogP contribution in [0.5, 0.6) is 0 Å². The minimum Gasteiger partial charge on any atom is -0.272 e. The number of amides is 1. The molecule has 0 aliphatic rings. The summed E-state index contributed by atoms with van der Waals surface area (Å²) in [6, 6.07) is 3.56. The molecule has 0 aromatic carbocycles. The van der Waals surface area contributed by atoms with E-state index in [0.717, 1.165) is 0 Å². The molecule has 112 valence electrons. The molecule has 0 aliphatic carbocycles. The van der Waals surface area contributed by atoms with Crippen LogP contribution in [0.2, 0.25) is 5.15 Å². The summed E-state index contributed by atoms with van der Waals surface area (Å²) in [5, 5.41) is 1.78. The third-order valence-electron chi connectivity index (χ3n) is 2.38. The first-order valence-corrected chi connectivity index (χ1v) is 7.00. The van der Waals surface area contributed by atoms with Crippen molar-refractivity contribution in [1.29, 1.82) is 0 Å². The van der Waals surface area contributed by atoms with Crippen LogP contribution < -0.4 is 0 Å². The van der Waals surface area contributed by atoms with Crippen LogP contribution in [-0.4, -0.2) is 27.1 Å². The van der Waals surface area contributed by atoms with Crippen molar-refractivity contribution in [2.75, 3.05) is 0 Å². The fraction of sp³-hybridized carbons (Fsp3) is 0.600. The van der Waals surface area contributed by atoms with E-state index in [1.165, 1.54) is 5.06 Å². The van der Waals surface area contributed by atoms with Gasteiger partial charge in [0.2, 0.25) is 0 Å². The van der Waals surface area contributed by atoms with Crippen molar-refractivity contribution in [1.82, 2.24) is 10.0 Å². The molecular weight excluding hydrogens is 276 g/mol. The Morgan fingerprint density at radius 3 is 2.35 bits per heavy atom. The van der Waals surface area contributed by atoms with Gasteiger partial charge < -0.3 is 0 Å². The molecule has 0 spiro atoms. The monoisotopic (exact) mass is 298 g/mol. The van der Waals surface area contributed by atoms with Crippen molar-refractivity contribution in [3.63, 3.8) is 0 Å². The molecule has 1 amide bonds. The minimum atomic E-state index is -0.443. The normalized spacial score (nSPS) is 12.3. The van der Waals surface area contributed by atoms with Crippen LogP contribution in [0.25, 0.3) is 0 Å². The molecule has 0 saturated carbocycles. The molecule has 1 rings (SSSR count). The van der Waals surface area contributed by atoms with Crippen LogP contribution in [0, 0.1) is 0 Å². The molecule has 1 aromatic rings. The number of hydroxylamine groups is 2. The summed E-state index contributed by atoms with van der Waals surface area (Å²) in [5.41, 5.74) is -0.174. The van der Waals surface area contributed by atoms with Gasteiger partial charge in [0.25, 0.3) is 5.91 Å². The van der Waals surface area contributed by atoms with Gasteiger partial charge in [0.05, 0.1) is 17.6 Å². The molecule has 0 saturated heterocycles. The molecule has 0 radical (unpaired) electrons. The second kappa shape index (κ2) is 6.10. The van der Waals surface area contributed by atoms with Gasteiger partial charge in [-0.2, -0.15) is 0 Å². The highest BCUT2D eigenvalue weighted by atomic mass is 35.5. The number of hydrogen-bond donors (Lipinski definition) is 0. The third-order valence-corrected chi connectivity index (χ3v) is 2.72. The van der Waals surface area contributed by atoms with Gasteiger partial charge >= 0.3 is 0 Å². The van der Waals surface area contributed by atoms with E-state index in [1.807, 2.05) is 41.5 Å². The maximum atomic E-state index is 12.5. The highest BCUT2D eigenvalue weighted by molar-refractivity contribution is 6.30. The van der Waals surface area contributed by atoms with Crippen molar-refractivity contribution in [2.24, 2.45) is 0 Å². The molecule has 1 heterocycles. The lowest BCUT2D eigenvalue weighted by atomic mass is 10.1. The van der Waals surface area contributed by atoms with Crippen molar-refractivity contribution < 1.29 is 9.63 Å². The van der Waals surface area contributed by atoms with Gasteiger partial charge in [-0.15, -0.1) is 0 Å². The molecule has 0 unspecified atom stereocenters. The van der Waals surface area contributed by atoms with E-state index < -0.39 is 11.1 Å². The third kappa shape index (κ3) is 5.10. The lowest BCUT2D eigenvalue weighted by Crippen LogP contribution is -2.49. The fourth-order valence-corrected chi connectivity index (χ4v) is 1.81. The van der Waals surface area contributed by atoms with Crippen molar-refractivity contribution in [2.45, 2.75) is 59.1 Å². The average molecular weight is 299 g/mol. The topological polar surface area (TPSA) is 42.4 Å². The zero-order chi connectivity index (χ0) is 15.6. The zero-order valence-electron chi connectivity index (χ0n) is 13.0. The molecule has 0 N–H and O–H groups in total. The second-order valence-electron chi connectivity index (χ2n) is 6.69. The Bertz CT molecular complexity index is 475. The standard InChI is InChI=1S/C15H23ClN2O2/c1-14(2,3)18(20-15(4,5)6)12(19)10-11-8-7-9-17-13(11)16/h7-9H,10H2,1-6H3. The van der Waals surface area contributed by atoms with Gasteiger partial charge in [-0.3, -0.25) is 9.63 Å². The van der Waals surface area contributed by atoms with Gasteiger partial charge in [-0.05, 0) is 53.2 Å². The zero-order valence-corrected chi connectivity index (χ0v) is 13.8. The summed E-state index contributed by atoms with van der Waals surface area (Å²) in [5.74, 6) is -0.137. The van der Waals surface area contributed by atoms with Gasteiger partial charge in [-0.1, -0.05) is 17.7 Å². The largest absolute Gasteiger partial charge is 0.272 e.